The molecule has 0 aromatic rings. The monoisotopic (exact) mass is 1570 g/mol. The molecular weight excluding hydrogens is 1410 g/mol. The van der Waals surface area contributed by atoms with Gasteiger partial charge in [-0.25, -0.2) is 9.13 Å². The van der Waals surface area contributed by atoms with Crippen LogP contribution in [-0.4, -0.2) is 95.9 Å². The Bertz CT molecular complexity index is 2560. The third kappa shape index (κ3) is 84.2. The van der Waals surface area contributed by atoms with Crippen LogP contribution in [0.3, 0.4) is 0 Å². The van der Waals surface area contributed by atoms with E-state index in [1.807, 2.05) is 0 Å². The Morgan fingerprint density at radius 2 is 0.486 bits per heavy atom. The lowest BCUT2D eigenvalue weighted by Gasteiger charge is -2.21. The van der Waals surface area contributed by atoms with Crippen LogP contribution in [0, 0.1) is 0 Å². The van der Waals surface area contributed by atoms with Gasteiger partial charge in [0, 0.05) is 19.3 Å². The molecule has 0 heterocycles. The number of esters is 3. The molecule has 0 aromatic heterocycles. The number of hydrogen-bond donors (Lipinski definition) is 4. The number of hydrogen-bond acceptors (Lipinski definition) is 14. The van der Waals surface area contributed by atoms with E-state index in [-0.39, 0.29) is 19.3 Å². The summed E-state index contributed by atoms with van der Waals surface area (Å²) >= 11 is 0. The van der Waals surface area contributed by atoms with Gasteiger partial charge >= 0.3 is 33.6 Å². The zero-order valence-electron chi connectivity index (χ0n) is 68.7. The number of rotatable bonds is 81. The van der Waals surface area contributed by atoms with Crippen LogP contribution in [-0.2, 0) is 55.8 Å². The predicted octanol–water partition coefficient (Wildman–Crippen LogP) is 26.0. The SMILES string of the molecule is CC/C=C\C/C=C\C/C=C\C/C=C\C/C=C\CCCCCCCCCCCCCCCCCCCC(=O)OCC(O)COP(=O)(O)OCC(O)COP(=O)(O)OCC(COC(=O)CCCCCCCCC/C=C\C/C=C\C/C=C\C/C=C\CCCCC)OC(=O)CCCCCCCCC/C=C\C/C=C\C/C=C\CC. The Labute approximate surface area is 664 Å². The minimum atomic E-state index is -4.94. The quantitative estimate of drug-likeness (QED) is 0.0146. The molecule has 5 unspecified atom stereocenters. The zero-order valence-corrected chi connectivity index (χ0v) is 70.5. The first-order valence-corrected chi connectivity index (χ1v) is 46.1. The first kappa shape index (κ1) is 104. The summed E-state index contributed by atoms with van der Waals surface area (Å²) in [6.45, 7) is 2.44. The van der Waals surface area contributed by atoms with Crippen molar-refractivity contribution in [2.75, 3.05) is 39.6 Å². The standard InChI is InChI=1S/C91H156O16P2/c1-4-7-10-13-16-19-22-25-28-31-33-35-37-38-39-40-41-42-43-44-45-46-48-50-51-54-56-59-62-65-68-71-74-77-89(94)101-80-86(92)81-103-108(97,98)104-82-87(93)83-105-109(99,100)106-85-88(107-91(96)79-76-73-70-67-64-61-58-53-30-27-24-21-18-15-12-9-6-3)84-102-90(95)78-75-72-69-66-63-60-57-55-52-49-47-36-34-32-29-26-23-20-17-14-11-8-5-2/h7,9-10,12,16-21,25-30,33-36,38-39,49,52,86-88,92-93H,4-6,8,11,13-15,22-24,31-32,37,40-48,50-51,53-85H2,1-3H3,(H,97,98)(H,99,100)/b10-7-,12-9-,19-16-,20-17-,21-18-,28-25-,29-26-,30-27-,35-33-,36-34-,39-38-,52-49-. The van der Waals surface area contributed by atoms with Crippen LogP contribution in [0.5, 0.6) is 0 Å². The predicted molar refractivity (Wildman–Crippen MR) is 454 cm³/mol. The van der Waals surface area contributed by atoms with Crippen LogP contribution in [0.2, 0.25) is 0 Å². The number of aliphatic hydroxyl groups is 2. The summed E-state index contributed by atoms with van der Waals surface area (Å²) in [5.74, 6) is -1.59. The van der Waals surface area contributed by atoms with E-state index >= 15 is 0 Å². The average molecular weight is 1570 g/mol. The summed E-state index contributed by atoms with van der Waals surface area (Å²) in [4.78, 5) is 58.8. The molecule has 626 valence electrons. The molecule has 0 aliphatic carbocycles. The number of phosphoric ester groups is 2. The van der Waals surface area contributed by atoms with Crippen molar-refractivity contribution >= 4 is 33.6 Å². The van der Waals surface area contributed by atoms with Crippen molar-refractivity contribution < 1.29 is 75.8 Å². The van der Waals surface area contributed by atoms with Crippen molar-refractivity contribution in [1.82, 2.24) is 0 Å². The van der Waals surface area contributed by atoms with Crippen LogP contribution in [0.15, 0.2) is 146 Å². The minimum absolute atomic E-state index is 0.0881. The molecule has 0 bridgehead atoms. The minimum Gasteiger partial charge on any atom is -0.463 e. The summed E-state index contributed by atoms with van der Waals surface area (Å²) in [5, 5.41) is 20.7. The molecule has 0 fully saturated rings. The molecule has 5 atom stereocenters. The van der Waals surface area contributed by atoms with Gasteiger partial charge in [-0.3, -0.25) is 32.5 Å². The lowest BCUT2D eigenvalue weighted by Crippen LogP contribution is -2.30. The van der Waals surface area contributed by atoms with Crippen LogP contribution in [0.25, 0.3) is 0 Å². The Morgan fingerprint density at radius 3 is 0.771 bits per heavy atom. The van der Waals surface area contributed by atoms with Crippen molar-refractivity contribution in [3.05, 3.63) is 146 Å². The van der Waals surface area contributed by atoms with Gasteiger partial charge < -0.3 is 34.2 Å². The highest BCUT2D eigenvalue weighted by Crippen LogP contribution is 2.45. The normalized spacial score (nSPS) is 14.6. The van der Waals surface area contributed by atoms with Gasteiger partial charge in [0.2, 0.25) is 0 Å². The lowest BCUT2D eigenvalue weighted by molar-refractivity contribution is -0.161. The number of phosphoric acid groups is 2. The van der Waals surface area contributed by atoms with E-state index in [4.69, 9.17) is 32.3 Å². The molecule has 0 saturated carbocycles. The van der Waals surface area contributed by atoms with Crippen molar-refractivity contribution in [2.45, 2.75) is 373 Å². The molecule has 4 N–H and O–H groups in total. The number of allylic oxidation sites excluding steroid dienone is 24. The number of carbonyl (C=O) groups excluding carboxylic acids is 3. The maximum absolute atomic E-state index is 13.0. The fourth-order valence-corrected chi connectivity index (χ4v) is 13.1. The zero-order chi connectivity index (χ0) is 79.4. The topological polar surface area (TPSA) is 231 Å². The maximum Gasteiger partial charge on any atom is 0.472 e. The molecule has 18 heteroatoms. The van der Waals surface area contributed by atoms with Crippen LogP contribution < -0.4 is 0 Å². The molecule has 0 radical (unpaired) electrons. The summed E-state index contributed by atoms with van der Waals surface area (Å²) < 4.78 is 61.3. The van der Waals surface area contributed by atoms with Crippen molar-refractivity contribution in [3.8, 4) is 0 Å². The van der Waals surface area contributed by atoms with Gasteiger partial charge in [0.1, 0.15) is 25.4 Å². The molecule has 0 aromatic carbocycles. The Morgan fingerprint density at radius 1 is 0.266 bits per heavy atom. The van der Waals surface area contributed by atoms with Crippen LogP contribution in [0.1, 0.15) is 355 Å². The molecule has 109 heavy (non-hydrogen) atoms. The molecule has 16 nitrogen and oxygen atoms in total. The van der Waals surface area contributed by atoms with E-state index in [1.54, 1.807) is 0 Å². The summed E-state index contributed by atoms with van der Waals surface area (Å²) in [6, 6.07) is 0. The van der Waals surface area contributed by atoms with E-state index in [2.05, 4.69) is 167 Å². The number of carbonyl (C=O) groups is 3. The van der Waals surface area contributed by atoms with Gasteiger partial charge in [-0.05, 0) is 141 Å². The number of ether oxygens (including phenoxy) is 3. The number of aliphatic hydroxyl groups excluding tert-OH is 2. The van der Waals surface area contributed by atoms with Gasteiger partial charge in [0.15, 0.2) is 6.10 Å². The van der Waals surface area contributed by atoms with E-state index in [9.17, 15) is 43.5 Å². The van der Waals surface area contributed by atoms with Crippen molar-refractivity contribution in [2.24, 2.45) is 0 Å². The summed E-state index contributed by atoms with van der Waals surface area (Å²) in [7, 11) is -9.81. The third-order valence-corrected chi connectivity index (χ3v) is 19.9. The molecule has 0 aliphatic rings. The molecule has 0 spiro atoms. The second-order valence-corrected chi connectivity index (χ2v) is 31.5. The van der Waals surface area contributed by atoms with E-state index in [0.29, 0.717) is 19.3 Å². The highest BCUT2D eigenvalue weighted by Gasteiger charge is 2.29. The summed E-state index contributed by atoms with van der Waals surface area (Å²) in [6.07, 6.45) is 103. The van der Waals surface area contributed by atoms with Gasteiger partial charge in [0.25, 0.3) is 0 Å². The second-order valence-electron chi connectivity index (χ2n) is 28.6. The fraction of sp³-hybridized carbons (Fsp3) is 0.703. The van der Waals surface area contributed by atoms with Crippen molar-refractivity contribution in [1.29, 1.82) is 0 Å². The maximum atomic E-state index is 13.0. The largest absolute Gasteiger partial charge is 0.472 e. The van der Waals surface area contributed by atoms with E-state index in [1.165, 1.54) is 116 Å². The molecular formula is C91H156O16P2. The van der Waals surface area contributed by atoms with Crippen LogP contribution >= 0.6 is 15.6 Å². The van der Waals surface area contributed by atoms with E-state index in [0.717, 1.165) is 180 Å². The average Bonchev–Trinajstić information content (AvgIpc) is 0.901. The van der Waals surface area contributed by atoms with Gasteiger partial charge in [-0.2, -0.15) is 0 Å². The summed E-state index contributed by atoms with van der Waals surface area (Å²) in [5.41, 5.74) is 0. The highest BCUT2D eigenvalue weighted by atomic mass is 31.2. The Balaban J connectivity index is 4.50. The Hall–Kier alpha value is -4.57. The third-order valence-electron chi connectivity index (χ3n) is 18.0. The molecule has 0 saturated heterocycles. The fourth-order valence-electron chi connectivity index (χ4n) is 11.5. The van der Waals surface area contributed by atoms with Gasteiger partial charge in [0.05, 0.1) is 26.4 Å². The smallest absolute Gasteiger partial charge is 0.463 e. The second kappa shape index (κ2) is 82.9. The molecule has 0 amide bonds. The highest BCUT2D eigenvalue weighted by molar-refractivity contribution is 7.47. The Kier molecular flexibility index (Phi) is 79.4. The molecule has 0 rings (SSSR count). The first-order valence-electron chi connectivity index (χ1n) is 43.1. The van der Waals surface area contributed by atoms with Gasteiger partial charge in [-0.1, -0.05) is 340 Å². The van der Waals surface area contributed by atoms with Gasteiger partial charge in [-0.15, -0.1) is 0 Å². The molecule has 0 aliphatic heterocycles. The van der Waals surface area contributed by atoms with Crippen LogP contribution in [0.4, 0.5) is 0 Å². The number of unbranched alkanes of at least 4 members (excludes halogenated alkanes) is 34. The first-order chi connectivity index (χ1) is 53.2. The van der Waals surface area contributed by atoms with E-state index < -0.39 is 91.5 Å². The lowest BCUT2D eigenvalue weighted by atomic mass is 10.0. The van der Waals surface area contributed by atoms with Crippen molar-refractivity contribution in [3.63, 3.8) is 0 Å².